The minimum atomic E-state index is -0.353. The summed E-state index contributed by atoms with van der Waals surface area (Å²) in [4.78, 5) is 17.8. The van der Waals surface area contributed by atoms with E-state index < -0.39 is 0 Å². The number of esters is 1. The minimum Gasteiger partial charge on any atom is -0.462 e. The highest BCUT2D eigenvalue weighted by molar-refractivity contribution is 6.11. The maximum Gasteiger partial charge on any atom is 0.341 e. The molecule has 0 aliphatic rings. The Morgan fingerprint density at radius 1 is 0.815 bits per heavy atom. The largest absolute Gasteiger partial charge is 0.462 e. The summed E-state index contributed by atoms with van der Waals surface area (Å²) in [5, 5.41) is 0.937. The number of aromatic nitrogens is 1. The predicted molar refractivity (Wildman–Crippen MR) is 109 cm³/mol. The molecule has 0 N–H and O–H groups in total. The lowest BCUT2D eigenvalue weighted by Crippen LogP contribution is -2.10. The number of fused-ring (bicyclic) bond motifs is 1. The summed E-state index contributed by atoms with van der Waals surface area (Å²) in [5.74, 6) is -0.353. The Morgan fingerprint density at radius 3 is 2.07 bits per heavy atom. The van der Waals surface area contributed by atoms with E-state index >= 15 is 0 Å². The number of hydrogen-bond acceptors (Lipinski definition) is 3. The fourth-order valence-corrected chi connectivity index (χ4v) is 3.32. The molecule has 0 fully saturated rings. The molecule has 1 heterocycles. The number of nitrogens with zero attached hydrogens (tertiary/aromatic N) is 1. The number of carbonyl (C=O) groups excluding carboxylic acids is 1. The second-order valence-corrected chi connectivity index (χ2v) is 6.18. The van der Waals surface area contributed by atoms with E-state index in [2.05, 4.69) is 0 Å². The van der Waals surface area contributed by atoms with Crippen LogP contribution < -0.4 is 0 Å². The van der Waals surface area contributed by atoms with Gasteiger partial charge in [0.25, 0.3) is 0 Å². The first-order valence-electron chi connectivity index (χ1n) is 9.00. The summed E-state index contributed by atoms with van der Waals surface area (Å²) in [6, 6.07) is 27.6. The number of rotatable bonds is 4. The average Bonchev–Trinajstić information content (AvgIpc) is 2.73. The number of para-hydroxylation sites is 1. The van der Waals surface area contributed by atoms with Crippen molar-refractivity contribution in [3.8, 4) is 22.4 Å². The van der Waals surface area contributed by atoms with Gasteiger partial charge in [-0.15, -0.1) is 0 Å². The van der Waals surface area contributed by atoms with Crippen LogP contribution in [0.15, 0.2) is 84.9 Å². The second-order valence-electron chi connectivity index (χ2n) is 6.18. The number of pyridine rings is 1. The molecule has 27 heavy (non-hydrogen) atoms. The Balaban J connectivity index is 2.14. The first kappa shape index (κ1) is 17.0. The Hall–Kier alpha value is -3.46. The first-order valence-corrected chi connectivity index (χ1v) is 9.00. The van der Waals surface area contributed by atoms with Crippen molar-refractivity contribution in [1.82, 2.24) is 4.98 Å². The summed E-state index contributed by atoms with van der Waals surface area (Å²) in [5.41, 5.74) is 4.72. The fourth-order valence-electron chi connectivity index (χ4n) is 3.32. The number of benzene rings is 3. The van der Waals surface area contributed by atoms with Crippen molar-refractivity contribution < 1.29 is 9.53 Å². The van der Waals surface area contributed by atoms with Gasteiger partial charge in [0, 0.05) is 16.5 Å². The Morgan fingerprint density at radius 2 is 1.41 bits per heavy atom. The van der Waals surface area contributed by atoms with Gasteiger partial charge in [0.15, 0.2) is 0 Å². The summed E-state index contributed by atoms with van der Waals surface area (Å²) >= 11 is 0. The first-order chi connectivity index (χ1) is 13.3. The lowest BCUT2D eigenvalue weighted by atomic mass is 9.92. The molecule has 3 heteroatoms. The van der Waals surface area contributed by atoms with Crippen LogP contribution in [0.25, 0.3) is 33.3 Å². The Bertz CT molecular complexity index is 1090. The van der Waals surface area contributed by atoms with Gasteiger partial charge in [-0.25, -0.2) is 9.78 Å². The van der Waals surface area contributed by atoms with Crippen molar-refractivity contribution in [1.29, 1.82) is 0 Å². The SMILES string of the molecule is CCOC(=O)c1c(-c2ccccc2)nc2ccccc2c1-c1ccccc1. The Labute approximate surface area is 158 Å². The van der Waals surface area contributed by atoms with Crippen LogP contribution >= 0.6 is 0 Å². The van der Waals surface area contributed by atoms with Crippen molar-refractivity contribution >= 4 is 16.9 Å². The highest BCUT2D eigenvalue weighted by Gasteiger charge is 2.24. The predicted octanol–water partition coefficient (Wildman–Crippen LogP) is 5.75. The van der Waals surface area contributed by atoms with Crippen molar-refractivity contribution in [2.45, 2.75) is 6.92 Å². The monoisotopic (exact) mass is 353 g/mol. The van der Waals surface area contributed by atoms with Crippen LogP contribution in [0, 0.1) is 0 Å². The van der Waals surface area contributed by atoms with E-state index in [9.17, 15) is 4.79 Å². The molecule has 3 aromatic carbocycles. The van der Waals surface area contributed by atoms with Gasteiger partial charge in [-0.05, 0) is 18.6 Å². The zero-order chi connectivity index (χ0) is 18.6. The molecule has 0 aliphatic heterocycles. The van der Waals surface area contributed by atoms with Crippen LogP contribution in [0.4, 0.5) is 0 Å². The highest BCUT2D eigenvalue weighted by Crippen LogP contribution is 2.37. The number of hydrogen-bond donors (Lipinski definition) is 0. The third-order valence-electron chi connectivity index (χ3n) is 4.48. The molecule has 4 aromatic rings. The van der Waals surface area contributed by atoms with Gasteiger partial charge in [0.05, 0.1) is 23.4 Å². The molecule has 4 rings (SSSR count). The van der Waals surface area contributed by atoms with Gasteiger partial charge in [-0.2, -0.15) is 0 Å². The standard InChI is InChI=1S/C24H19NO2/c1-2-27-24(26)22-21(17-11-5-3-6-12-17)19-15-9-10-16-20(19)25-23(22)18-13-7-4-8-14-18/h3-16H,2H2,1H3. The zero-order valence-electron chi connectivity index (χ0n) is 15.1. The lowest BCUT2D eigenvalue weighted by Gasteiger charge is -2.17. The van der Waals surface area contributed by atoms with E-state index in [-0.39, 0.29) is 5.97 Å². The molecule has 0 saturated carbocycles. The van der Waals surface area contributed by atoms with E-state index in [1.54, 1.807) is 0 Å². The van der Waals surface area contributed by atoms with Gasteiger partial charge in [0.2, 0.25) is 0 Å². The molecule has 1 aromatic heterocycles. The highest BCUT2D eigenvalue weighted by atomic mass is 16.5. The van der Waals surface area contributed by atoms with Gasteiger partial charge in [-0.3, -0.25) is 0 Å². The average molecular weight is 353 g/mol. The quantitative estimate of drug-likeness (QED) is 0.439. The molecular weight excluding hydrogens is 334 g/mol. The van der Waals surface area contributed by atoms with Gasteiger partial charge < -0.3 is 4.74 Å². The van der Waals surface area contributed by atoms with Crippen molar-refractivity contribution in [2.24, 2.45) is 0 Å². The molecule has 0 bridgehead atoms. The molecule has 0 unspecified atom stereocenters. The maximum absolute atomic E-state index is 13.0. The molecule has 0 aliphatic carbocycles. The molecule has 0 atom stereocenters. The van der Waals surface area contributed by atoms with Crippen LogP contribution in [0.2, 0.25) is 0 Å². The molecule has 132 valence electrons. The number of ether oxygens (including phenoxy) is 1. The molecule has 0 spiro atoms. The van der Waals surface area contributed by atoms with E-state index in [0.29, 0.717) is 17.9 Å². The fraction of sp³-hybridized carbons (Fsp3) is 0.0833. The third kappa shape index (κ3) is 3.20. The topological polar surface area (TPSA) is 39.2 Å². The van der Waals surface area contributed by atoms with Crippen molar-refractivity contribution in [2.75, 3.05) is 6.61 Å². The molecule has 0 saturated heterocycles. The van der Waals surface area contributed by atoms with Crippen molar-refractivity contribution in [3.63, 3.8) is 0 Å². The molecule has 0 amide bonds. The number of carbonyl (C=O) groups is 1. The molecule has 0 radical (unpaired) electrons. The van der Waals surface area contributed by atoms with Crippen LogP contribution in [0.5, 0.6) is 0 Å². The lowest BCUT2D eigenvalue weighted by molar-refractivity contribution is 0.0528. The minimum absolute atomic E-state index is 0.314. The Kier molecular flexibility index (Phi) is 4.67. The smallest absolute Gasteiger partial charge is 0.341 e. The second kappa shape index (κ2) is 7.42. The van der Waals surface area contributed by atoms with E-state index in [0.717, 1.165) is 27.6 Å². The van der Waals surface area contributed by atoms with Crippen LogP contribution in [0.1, 0.15) is 17.3 Å². The maximum atomic E-state index is 13.0. The van der Waals surface area contributed by atoms with Crippen LogP contribution in [0.3, 0.4) is 0 Å². The van der Waals surface area contributed by atoms with Gasteiger partial charge in [-0.1, -0.05) is 78.9 Å². The van der Waals surface area contributed by atoms with E-state index in [1.807, 2.05) is 91.9 Å². The summed E-state index contributed by atoms with van der Waals surface area (Å²) in [6.45, 7) is 2.13. The summed E-state index contributed by atoms with van der Waals surface area (Å²) in [6.07, 6.45) is 0. The van der Waals surface area contributed by atoms with Crippen molar-refractivity contribution in [3.05, 3.63) is 90.5 Å². The normalized spacial score (nSPS) is 10.7. The van der Waals surface area contributed by atoms with Crippen LogP contribution in [-0.2, 0) is 4.74 Å². The van der Waals surface area contributed by atoms with Crippen LogP contribution in [-0.4, -0.2) is 17.6 Å². The summed E-state index contributed by atoms with van der Waals surface area (Å²) in [7, 11) is 0. The van der Waals surface area contributed by atoms with E-state index in [4.69, 9.17) is 9.72 Å². The van der Waals surface area contributed by atoms with Gasteiger partial charge >= 0.3 is 5.97 Å². The molecule has 3 nitrogen and oxygen atoms in total. The zero-order valence-corrected chi connectivity index (χ0v) is 15.1. The molecular formula is C24H19NO2. The van der Waals surface area contributed by atoms with Gasteiger partial charge in [0.1, 0.15) is 0 Å². The third-order valence-corrected chi connectivity index (χ3v) is 4.48. The summed E-state index contributed by atoms with van der Waals surface area (Å²) < 4.78 is 5.42. The van der Waals surface area contributed by atoms with E-state index in [1.165, 1.54) is 0 Å².